The fourth-order valence-electron chi connectivity index (χ4n) is 4.25. The number of nitrogens with one attached hydrogen (secondary N) is 1. The van der Waals surface area contributed by atoms with E-state index in [0.29, 0.717) is 36.6 Å². The van der Waals surface area contributed by atoms with Crippen LogP contribution in [0.5, 0.6) is 23.0 Å². The van der Waals surface area contributed by atoms with Crippen LogP contribution in [-0.4, -0.2) is 24.9 Å². The van der Waals surface area contributed by atoms with Crippen molar-refractivity contribution in [1.82, 2.24) is 5.32 Å². The lowest BCUT2D eigenvalue weighted by atomic mass is 9.87. The van der Waals surface area contributed by atoms with Crippen LogP contribution in [-0.2, 0) is 16.0 Å². The summed E-state index contributed by atoms with van der Waals surface area (Å²) in [5.74, 6) is 4.34. The average Bonchev–Trinajstić information content (AvgIpc) is 2.92. The number of carbonyl (C=O) groups is 2. The van der Waals surface area contributed by atoms with E-state index in [1.807, 2.05) is 42.5 Å². The lowest BCUT2D eigenvalue weighted by molar-refractivity contribution is -0.135. The minimum Gasteiger partial charge on any atom is -0.493 e. The molecule has 7 heteroatoms. The number of anilines is 1. The van der Waals surface area contributed by atoms with Crippen LogP contribution in [0.2, 0.25) is 0 Å². The SMILES string of the molecule is C#CC1CC(=O)NC(c2ccc(OCCCOc3ccc(Oc4ccc(N)cc4)cc3CCC)cc2)C1=O. The Balaban J connectivity index is 1.26. The van der Waals surface area contributed by atoms with E-state index in [1.54, 1.807) is 24.3 Å². The van der Waals surface area contributed by atoms with Crippen molar-refractivity contribution in [3.8, 4) is 35.3 Å². The number of rotatable bonds is 11. The first-order valence-electron chi connectivity index (χ1n) is 12.8. The summed E-state index contributed by atoms with van der Waals surface area (Å²) in [6.45, 7) is 3.10. The summed E-state index contributed by atoms with van der Waals surface area (Å²) in [6, 6.07) is 19.5. The van der Waals surface area contributed by atoms with Gasteiger partial charge in [-0.3, -0.25) is 9.59 Å². The predicted molar refractivity (Wildman–Crippen MR) is 146 cm³/mol. The van der Waals surface area contributed by atoms with Crippen LogP contribution in [0.4, 0.5) is 5.69 Å². The van der Waals surface area contributed by atoms with Gasteiger partial charge in [0.05, 0.1) is 19.1 Å². The predicted octanol–water partition coefficient (Wildman–Crippen LogP) is 5.24. The van der Waals surface area contributed by atoms with E-state index in [0.717, 1.165) is 35.7 Å². The van der Waals surface area contributed by atoms with E-state index < -0.39 is 12.0 Å². The van der Waals surface area contributed by atoms with Gasteiger partial charge in [0.15, 0.2) is 5.78 Å². The van der Waals surface area contributed by atoms with Crippen molar-refractivity contribution < 1.29 is 23.8 Å². The number of ether oxygens (including phenoxy) is 3. The van der Waals surface area contributed by atoms with Crippen LogP contribution in [0.3, 0.4) is 0 Å². The quantitative estimate of drug-likeness (QED) is 0.207. The zero-order chi connectivity index (χ0) is 26.9. The molecule has 1 aliphatic rings. The Hall–Kier alpha value is -4.44. The second-order valence-electron chi connectivity index (χ2n) is 9.14. The summed E-state index contributed by atoms with van der Waals surface area (Å²) in [4.78, 5) is 24.4. The second kappa shape index (κ2) is 12.7. The van der Waals surface area contributed by atoms with Gasteiger partial charge in [0, 0.05) is 18.5 Å². The Bertz CT molecular complexity index is 1300. The fraction of sp³-hybridized carbons (Fsp3) is 0.290. The number of nitrogen functional groups attached to an aromatic ring is 1. The number of amides is 1. The number of nitrogens with two attached hydrogens (primary N) is 1. The van der Waals surface area contributed by atoms with Crippen LogP contribution in [0.1, 0.15) is 43.4 Å². The van der Waals surface area contributed by atoms with E-state index >= 15 is 0 Å². The monoisotopic (exact) mass is 512 g/mol. The van der Waals surface area contributed by atoms with Gasteiger partial charge in [-0.05, 0) is 72.1 Å². The van der Waals surface area contributed by atoms with Crippen molar-refractivity contribution in [2.75, 3.05) is 18.9 Å². The molecule has 0 spiro atoms. The summed E-state index contributed by atoms with van der Waals surface area (Å²) >= 11 is 0. The van der Waals surface area contributed by atoms with E-state index in [4.69, 9.17) is 26.4 Å². The van der Waals surface area contributed by atoms with E-state index in [2.05, 4.69) is 18.2 Å². The largest absolute Gasteiger partial charge is 0.493 e. The number of piperidine rings is 1. The Morgan fingerprint density at radius 2 is 1.63 bits per heavy atom. The van der Waals surface area contributed by atoms with Gasteiger partial charge in [-0.2, -0.15) is 0 Å². The first-order chi connectivity index (χ1) is 18.5. The highest BCUT2D eigenvalue weighted by Crippen LogP contribution is 2.30. The van der Waals surface area contributed by atoms with Crippen LogP contribution in [0, 0.1) is 18.3 Å². The molecule has 0 saturated carbocycles. The number of benzene rings is 3. The van der Waals surface area contributed by atoms with Crippen molar-refractivity contribution in [3.63, 3.8) is 0 Å². The lowest BCUT2D eigenvalue weighted by Crippen LogP contribution is -2.43. The molecular weight excluding hydrogens is 480 g/mol. The molecule has 1 heterocycles. The fourth-order valence-corrected chi connectivity index (χ4v) is 4.25. The molecule has 38 heavy (non-hydrogen) atoms. The van der Waals surface area contributed by atoms with E-state index in [1.165, 1.54) is 0 Å². The topological polar surface area (TPSA) is 99.9 Å². The molecule has 1 fully saturated rings. The smallest absolute Gasteiger partial charge is 0.222 e. The Morgan fingerprint density at radius 1 is 0.947 bits per heavy atom. The number of terminal acetylenes is 1. The van der Waals surface area contributed by atoms with Crippen LogP contribution in [0.25, 0.3) is 0 Å². The Morgan fingerprint density at radius 3 is 2.34 bits per heavy atom. The third kappa shape index (κ3) is 6.86. The minimum atomic E-state index is -0.722. The third-order valence-corrected chi connectivity index (χ3v) is 6.22. The molecule has 3 N–H and O–H groups in total. The van der Waals surface area contributed by atoms with Gasteiger partial charge in [0.2, 0.25) is 5.91 Å². The molecule has 2 atom stereocenters. The molecule has 4 rings (SSSR count). The summed E-state index contributed by atoms with van der Waals surface area (Å²) in [5, 5.41) is 2.72. The molecule has 196 valence electrons. The first kappa shape index (κ1) is 26.6. The van der Waals surface area contributed by atoms with Gasteiger partial charge in [0.1, 0.15) is 29.0 Å². The molecule has 1 saturated heterocycles. The maximum absolute atomic E-state index is 12.5. The summed E-state index contributed by atoms with van der Waals surface area (Å²) in [6.07, 6.45) is 8.00. The molecule has 3 aromatic carbocycles. The Kier molecular flexibility index (Phi) is 8.89. The maximum atomic E-state index is 12.5. The zero-order valence-electron chi connectivity index (χ0n) is 21.4. The number of Topliss-reactive ketones (excluding diaryl/α,β-unsaturated/α-hetero) is 1. The van der Waals surface area contributed by atoms with Crippen molar-refractivity contribution in [1.29, 1.82) is 0 Å². The lowest BCUT2D eigenvalue weighted by Gasteiger charge is -2.26. The van der Waals surface area contributed by atoms with Crippen molar-refractivity contribution >= 4 is 17.4 Å². The third-order valence-electron chi connectivity index (χ3n) is 6.22. The summed E-state index contributed by atoms with van der Waals surface area (Å²) in [7, 11) is 0. The van der Waals surface area contributed by atoms with Gasteiger partial charge in [-0.15, -0.1) is 6.42 Å². The van der Waals surface area contributed by atoms with Gasteiger partial charge in [-0.1, -0.05) is 31.4 Å². The number of aryl methyl sites for hydroxylation is 1. The molecule has 0 bridgehead atoms. The van der Waals surface area contributed by atoms with Crippen LogP contribution < -0.4 is 25.3 Å². The summed E-state index contributed by atoms with van der Waals surface area (Å²) < 4.78 is 17.8. The number of ketones is 1. The van der Waals surface area contributed by atoms with Crippen LogP contribution in [0.15, 0.2) is 66.7 Å². The van der Waals surface area contributed by atoms with Gasteiger partial charge in [0.25, 0.3) is 0 Å². The first-order valence-corrected chi connectivity index (χ1v) is 12.8. The molecular formula is C31H32N2O5. The van der Waals surface area contributed by atoms with Crippen LogP contribution >= 0.6 is 0 Å². The molecule has 7 nitrogen and oxygen atoms in total. The zero-order valence-corrected chi connectivity index (χ0v) is 21.4. The Labute approximate surface area is 223 Å². The average molecular weight is 513 g/mol. The molecule has 0 radical (unpaired) electrons. The highest BCUT2D eigenvalue weighted by molar-refractivity contribution is 5.99. The molecule has 1 amide bonds. The van der Waals surface area contributed by atoms with Gasteiger partial charge < -0.3 is 25.3 Å². The normalized spacial score (nSPS) is 16.8. The standard InChI is InChI=1S/C31H32N2O5/c1-3-6-23-19-27(38-26-13-9-24(32)10-14-26)15-16-28(23)37-18-5-17-36-25-11-7-22(8-12-25)30-31(35)21(4-2)20-29(34)33-30/h2,7-16,19,21,30H,3,5-6,17-18,20,32H2,1H3,(H,33,34). The van der Waals surface area contributed by atoms with E-state index in [9.17, 15) is 9.59 Å². The number of hydrogen-bond donors (Lipinski definition) is 2. The minimum absolute atomic E-state index is 0.0383. The van der Waals surface area contributed by atoms with Gasteiger partial charge >= 0.3 is 0 Å². The van der Waals surface area contributed by atoms with Crippen molar-refractivity contribution in [3.05, 3.63) is 77.9 Å². The van der Waals surface area contributed by atoms with E-state index in [-0.39, 0.29) is 18.1 Å². The molecule has 2 unspecified atom stereocenters. The van der Waals surface area contributed by atoms with Crippen molar-refractivity contribution in [2.45, 2.75) is 38.6 Å². The molecule has 3 aromatic rings. The van der Waals surface area contributed by atoms with Gasteiger partial charge in [-0.25, -0.2) is 0 Å². The molecule has 0 aliphatic carbocycles. The number of carbonyl (C=O) groups excluding carboxylic acids is 2. The second-order valence-corrected chi connectivity index (χ2v) is 9.14. The highest BCUT2D eigenvalue weighted by Gasteiger charge is 2.34. The van der Waals surface area contributed by atoms with Crippen molar-refractivity contribution in [2.24, 2.45) is 5.92 Å². The highest BCUT2D eigenvalue weighted by atomic mass is 16.5. The molecule has 1 aliphatic heterocycles. The maximum Gasteiger partial charge on any atom is 0.222 e. The summed E-state index contributed by atoms with van der Waals surface area (Å²) in [5.41, 5.74) is 8.22. The molecule has 0 aromatic heterocycles. The number of hydrogen-bond acceptors (Lipinski definition) is 6.